The summed E-state index contributed by atoms with van der Waals surface area (Å²) in [5.41, 5.74) is 28.0. The van der Waals surface area contributed by atoms with E-state index in [1.165, 1.54) is 28.2 Å². The molecule has 1 atom stereocenters. The van der Waals surface area contributed by atoms with Gasteiger partial charge in [0.1, 0.15) is 28.4 Å². The Balaban J connectivity index is 0.000000114. The number of ketones is 1. The fourth-order valence-electron chi connectivity index (χ4n) is 21.0. The minimum absolute atomic E-state index is 0.0141. The highest BCUT2D eigenvalue weighted by molar-refractivity contribution is 5.99. The van der Waals surface area contributed by atoms with Gasteiger partial charge in [0, 0.05) is 254 Å². The predicted octanol–water partition coefficient (Wildman–Crippen LogP) is 17.8. The molecule has 0 spiro atoms. The highest BCUT2D eigenvalue weighted by Crippen LogP contribution is 2.44. The van der Waals surface area contributed by atoms with Crippen molar-refractivity contribution in [3.05, 3.63) is 261 Å². The topological polar surface area (TPSA) is 297 Å². The minimum Gasteiger partial charge on any atom is -0.497 e. The van der Waals surface area contributed by atoms with Gasteiger partial charge in [0.05, 0.1) is 85.8 Å². The Labute approximate surface area is 806 Å². The maximum Gasteiger partial charge on any atom is 0.227 e. The van der Waals surface area contributed by atoms with E-state index in [0.717, 1.165) is 265 Å². The number of nitriles is 1. The van der Waals surface area contributed by atoms with E-state index < -0.39 is 0 Å². The van der Waals surface area contributed by atoms with Crippen LogP contribution in [0.25, 0.3) is 101 Å². The summed E-state index contributed by atoms with van der Waals surface area (Å²) in [6.45, 7) is 21.9. The molecule has 8 aliphatic rings. The SMILES string of the molecule is CC(=O)N1CCc2c(c(-c3cccc(C(=O)Cc4cccc(C#N)c4)c3)nn2C2CCOC2)C1.CC(=O)N1CCc2c(c(-c3cccn4cc(-c5ccc(C)cc5C)nc34)nn2C2CCOCC2)C1.COc1ccc(-c2ccc3ccn(-c4nn(C5CCOCC5)c5c4CN(C(C)=O)CC5)c3c2)cc1.COc1ccc(-c2nc3c(-c4nn(C5CCOCC5)c5c4CN(C(C)=O)CC5)cccc3o2)cc1. The number of para-hydroxylation sites is 1. The van der Waals surface area contributed by atoms with Gasteiger partial charge in [-0.05, 0) is 166 Å². The molecule has 0 aliphatic carbocycles. The zero-order valence-electron chi connectivity index (χ0n) is 80.0. The molecule has 7 aromatic carbocycles. The van der Waals surface area contributed by atoms with Crippen molar-refractivity contribution < 1.29 is 56.8 Å². The van der Waals surface area contributed by atoms with Gasteiger partial charge in [-0.2, -0.15) is 25.7 Å². The van der Waals surface area contributed by atoms with Crippen molar-refractivity contribution in [3.8, 4) is 91.0 Å². The van der Waals surface area contributed by atoms with Crippen LogP contribution >= 0.6 is 0 Å². The largest absolute Gasteiger partial charge is 0.497 e. The number of rotatable bonds is 16. The fraction of sp³-hybridized carbons (Fsp3) is 0.364. The zero-order valence-corrected chi connectivity index (χ0v) is 80.0. The molecular formula is C110H115N17O12. The number of fused-ring (bicyclic) bond motifs is 7. The van der Waals surface area contributed by atoms with Crippen LogP contribution < -0.4 is 9.47 Å². The van der Waals surface area contributed by atoms with E-state index >= 15 is 0 Å². The molecular weight excluding hydrogens is 1750 g/mol. The molecule has 8 aromatic heterocycles. The number of hydrogen-bond acceptors (Lipinski definition) is 19. The summed E-state index contributed by atoms with van der Waals surface area (Å²) in [6, 6.07) is 59.1. The number of aryl methyl sites for hydroxylation is 2. The molecule has 712 valence electrons. The van der Waals surface area contributed by atoms with E-state index in [1.54, 1.807) is 60.1 Å². The number of oxazole rings is 1. The number of carbonyl (C=O) groups is 5. The van der Waals surface area contributed by atoms with E-state index in [-0.39, 0.29) is 41.9 Å². The lowest BCUT2D eigenvalue weighted by molar-refractivity contribution is -0.130. The van der Waals surface area contributed by atoms with Crippen molar-refractivity contribution in [3.63, 3.8) is 0 Å². The Kier molecular flexibility index (Phi) is 26.8. The van der Waals surface area contributed by atoms with E-state index in [2.05, 4.69) is 127 Å². The molecule has 8 aliphatic heterocycles. The summed E-state index contributed by atoms with van der Waals surface area (Å²) < 4.78 is 52.2. The second kappa shape index (κ2) is 40.3. The van der Waals surface area contributed by atoms with E-state index in [9.17, 15) is 24.0 Å². The van der Waals surface area contributed by atoms with Gasteiger partial charge in [0.15, 0.2) is 17.2 Å². The second-order valence-corrected chi connectivity index (χ2v) is 37.3. The van der Waals surface area contributed by atoms with Gasteiger partial charge in [-0.1, -0.05) is 90.5 Å². The first kappa shape index (κ1) is 92.3. The number of amides is 4. The molecule has 4 amide bonds. The Bertz CT molecular complexity index is 7130. The summed E-state index contributed by atoms with van der Waals surface area (Å²) in [5, 5.41) is 30.9. The minimum atomic E-state index is -0.0141. The quantitative estimate of drug-likeness (QED) is 0.0812. The third kappa shape index (κ3) is 19.1. The van der Waals surface area contributed by atoms with Gasteiger partial charge in [-0.3, -0.25) is 47.3 Å². The van der Waals surface area contributed by atoms with Gasteiger partial charge >= 0.3 is 0 Å². The van der Waals surface area contributed by atoms with Crippen LogP contribution in [0.2, 0.25) is 0 Å². The molecule has 1 unspecified atom stereocenters. The average molecular weight is 1870 g/mol. The number of imidazole rings is 1. The van der Waals surface area contributed by atoms with Crippen molar-refractivity contribution in [1.29, 1.82) is 5.26 Å². The molecule has 139 heavy (non-hydrogen) atoms. The molecule has 0 N–H and O–H groups in total. The number of nitrogens with zero attached hydrogens (tertiary/aromatic N) is 17. The summed E-state index contributed by atoms with van der Waals surface area (Å²) >= 11 is 0. The lowest BCUT2D eigenvalue weighted by atomic mass is 9.96. The van der Waals surface area contributed by atoms with Gasteiger partial charge in [-0.25, -0.2) is 9.97 Å². The number of carbonyl (C=O) groups excluding carboxylic acids is 5. The first-order chi connectivity index (χ1) is 67.8. The van der Waals surface area contributed by atoms with E-state index in [4.69, 9.17) is 68.5 Å². The standard InChI is InChI=1S/C28H31N5O2.C28H30N4O3.C27H28N4O4.C27H26N4O3/c1-18-6-7-22(19(2)15-18)25-17-32-11-4-5-23(28(32)29-25)27-24-16-31(20(3)34)12-8-26(24)33(30-27)21-9-13-35-14-10-21;1-19(33)30-13-10-26-25(18-30)28(29-32(26)23-11-15-35-16-12-23)31-14-9-21-3-4-22(17-27(21)31)20-5-7-24(34-2)8-6-20;1-17(32)30-13-10-23-22(16-30)25(29-31(23)19-11-14-34-15-12-19)21-4-3-5-24-26(21)28-27(35-24)18-6-8-20(33-2)9-7-18;1-18(32)30-10-8-25-24(16-30)27(29-31(25)23-9-11-34-17-23)22-7-3-6-21(14-22)26(33)13-19-4-2-5-20(12-19)15-28/h4-7,11,15,17,21H,8-10,12-14,16H2,1-3H3;3-9,14,17,23H,10-13,15-16,18H2,1-2H3;3-9,19H,10-16H2,1-2H3;2-7,12,14,23H,8-11,13,16-17H2,1H3. The summed E-state index contributed by atoms with van der Waals surface area (Å²) in [4.78, 5) is 79.5. The molecule has 16 heterocycles. The summed E-state index contributed by atoms with van der Waals surface area (Å²) in [7, 11) is 3.33. The Hall–Kier alpha value is -14.4. The Morgan fingerprint density at radius 2 is 0.964 bits per heavy atom. The second-order valence-electron chi connectivity index (χ2n) is 37.3. The van der Waals surface area contributed by atoms with Crippen LogP contribution in [0, 0.1) is 25.2 Å². The molecule has 0 saturated carbocycles. The first-order valence-electron chi connectivity index (χ1n) is 48.5. The maximum absolute atomic E-state index is 13.1. The van der Waals surface area contributed by atoms with Crippen LogP contribution in [0.15, 0.2) is 193 Å². The number of Topliss-reactive ketones (excluding diaryl/α,β-unsaturated/α-hetero) is 1. The highest BCUT2D eigenvalue weighted by Gasteiger charge is 2.38. The van der Waals surface area contributed by atoms with Crippen molar-refractivity contribution in [2.24, 2.45) is 0 Å². The van der Waals surface area contributed by atoms with Crippen LogP contribution in [0.5, 0.6) is 11.5 Å². The molecule has 4 saturated heterocycles. The number of hydrogen-bond donors (Lipinski definition) is 0. The van der Waals surface area contributed by atoms with Crippen LogP contribution in [-0.4, -0.2) is 200 Å². The number of pyridine rings is 1. The van der Waals surface area contributed by atoms with Crippen LogP contribution in [0.4, 0.5) is 0 Å². The fourth-order valence-corrected chi connectivity index (χ4v) is 21.0. The molecule has 15 aromatic rings. The molecule has 0 bridgehead atoms. The third-order valence-electron chi connectivity index (χ3n) is 28.6. The van der Waals surface area contributed by atoms with Crippen molar-refractivity contribution in [2.45, 2.75) is 169 Å². The van der Waals surface area contributed by atoms with Crippen LogP contribution in [0.1, 0.15) is 174 Å². The van der Waals surface area contributed by atoms with Gasteiger partial charge in [0.25, 0.3) is 0 Å². The smallest absolute Gasteiger partial charge is 0.227 e. The lowest BCUT2D eigenvalue weighted by Gasteiger charge is -2.29. The van der Waals surface area contributed by atoms with Crippen molar-refractivity contribution in [1.82, 2.24) is 77.7 Å². The third-order valence-corrected chi connectivity index (χ3v) is 28.6. The van der Waals surface area contributed by atoms with Gasteiger partial charge < -0.3 is 56.8 Å². The van der Waals surface area contributed by atoms with Gasteiger partial charge in [0.2, 0.25) is 29.5 Å². The normalized spacial score (nSPS) is 16.7. The zero-order chi connectivity index (χ0) is 95.6. The van der Waals surface area contributed by atoms with Crippen molar-refractivity contribution in [2.75, 3.05) is 93.3 Å². The maximum atomic E-state index is 13.1. The number of ether oxygens (including phenoxy) is 6. The molecule has 23 rings (SSSR count). The number of aromatic nitrogens is 12. The molecule has 4 fully saturated rings. The Morgan fingerprint density at radius 3 is 1.53 bits per heavy atom. The number of benzene rings is 7. The Morgan fingerprint density at radius 1 is 0.453 bits per heavy atom. The van der Waals surface area contributed by atoms with E-state index in [1.807, 2.05) is 111 Å². The predicted molar refractivity (Wildman–Crippen MR) is 527 cm³/mol. The molecule has 29 nitrogen and oxygen atoms in total. The summed E-state index contributed by atoms with van der Waals surface area (Å²) in [5.74, 6) is 3.46. The van der Waals surface area contributed by atoms with Crippen molar-refractivity contribution >= 4 is 57.1 Å². The lowest BCUT2D eigenvalue weighted by Crippen LogP contribution is -2.35. The average Bonchev–Trinajstić information content (AvgIpc) is 1.60. The first-order valence-corrected chi connectivity index (χ1v) is 48.5. The molecule has 29 heteroatoms. The monoisotopic (exact) mass is 1870 g/mol. The van der Waals surface area contributed by atoms with Crippen LogP contribution in [-0.2, 0) is 96.4 Å². The van der Waals surface area contributed by atoms with Crippen LogP contribution in [0.3, 0.4) is 0 Å². The highest BCUT2D eigenvalue weighted by atomic mass is 16.5. The summed E-state index contributed by atoms with van der Waals surface area (Å²) in [6.07, 6.45) is 16.4. The number of methoxy groups -OCH3 is 2. The van der Waals surface area contributed by atoms with E-state index in [0.29, 0.717) is 86.6 Å². The molecule has 0 radical (unpaired) electrons. The van der Waals surface area contributed by atoms with Gasteiger partial charge in [-0.15, -0.1) is 0 Å².